The van der Waals surface area contributed by atoms with E-state index in [1.165, 1.54) is 0 Å². The summed E-state index contributed by atoms with van der Waals surface area (Å²) in [5, 5.41) is 0. The number of nitrogens with zero attached hydrogens (tertiary/aromatic N) is 1. The van der Waals surface area contributed by atoms with Crippen molar-refractivity contribution in [1.82, 2.24) is 4.98 Å². The lowest BCUT2D eigenvalue weighted by Gasteiger charge is -2.32. The third-order valence-electron chi connectivity index (χ3n) is 4.21. The Bertz CT molecular complexity index is 515. The molecule has 2 heterocycles. The average Bonchev–Trinajstić information content (AvgIpc) is 3.10. The van der Waals surface area contributed by atoms with Crippen LogP contribution in [0.4, 0.5) is 0 Å². The van der Waals surface area contributed by atoms with Gasteiger partial charge in [0.05, 0.1) is 17.3 Å². The van der Waals surface area contributed by atoms with Gasteiger partial charge in [-0.2, -0.15) is 0 Å². The van der Waals surface area contributed by atoms with Gasteiger partial charge in [-0.1, -0.05) is 0 Å². The third kappa shape index (κ3) is 2.49. The zero-order chi connectivity index (χ0) is 14.5. The molecule has 1 aliphatic carbocycles. The minimum absolute atomic E-state index is 0.302. The van der Waals surface area contributed by atoms with Crippen LogP contribution in [0.25, 0.3) is 0 Å². The summed E-state index contributed by atoms with van der Waals surface area (Å²) in [6, 6.07) is 1.91. The van der Waals surface area contributed by atoms with Crippen molar-refractivity contribution in [2.75, 3.05) is 0 Å². The first-order valence-corrected chi connectivity index (χ1v) is 7.76. The quantitative estimate of drug-likeness (QED) is 0.627. The van der Waals surface area contributed by atoms with Gasteiger partial charge < -0.3 is 14.0 Å². The molecule has 0 bridgehead atoms. The Labute approximate surface area is 128 Å². The maximum Gasteiger partial charge on any atom is 0.498 e. The van der Waals surface area contributed by atoms with E-state index in [-0.39, 0.29) is 11.2 Å². The van der Waals surface area contributed by atoms with E-state index < -0.39 is 7.12 Å². The van der Waals surface area contributed by atoms with Gasteiger partial charge in [0.15, 0.2) is 5.75 Å². The van der Waals surface area contributed by atoms with Gasteiger partial charge in [0.25, 0.3) is 0 Å². The van der Waals surface area contributed by atoms with Crippen LogP contribution in [0, 0.1) is 0 Å². The van der Waals surface area contributed by atoms with Crippen molar-refractivity contribution >= 4 is 28.5 Å². The first kappa shape index (κ1) is 14.4. The van der Waals surface area contributed by atoms with Crippen molar-refractivity contribution in [3.8, 4) is 5.75 Å². The van der Waals surface area contributed by atoms with E-state index in [2.05, 4.69) is 20.9 Å². The Balaban J connectivity index is 1.93. The van der Waals surface area contributed by atoms with Crippen LogP contribution in [0.15, 0.2) is 16.9 Å². The van der Waals surface area contributed by atoms with E-state index in [0.717, 1.165) is 24.1 Å². The molecule has 0 atom stereocenters. The fourth-order valence-electron chi connectivity index (χ4n) is 2.06. The van der Waals surface area contributed by atoms with Gasteiger partial charge in [-0.25, -0.2) is 4.98 Å². The number of aromatic nitrogens is 1. The first-order chi connectivity index (χ1) is 9.30. The number of rotatable bonds is 3. The second-order valence-corrected chi connectivity index (χ2v) is 7.18. The van der Waals surface area contributed by atoms with Crippen molar-refractivity contribution in [3.05, 3.63) is 16.9 Å². The van der Waals surface area contributed by atoms with Crippen molar-refractivity contribution in [3.63, 3.8) is 0 Å². The number of halogens is 1. The Morgan fingerprint density at radius 2 is 1.85 bits per heavy atom. The van der Waals surface area contributed by atoms with Crippen LogP contribution in [-0.4, -0.2) is 29.4 Å². The fraction of sp³-hybridized carbons (Fsp3) is 0.643. The van der Waals surface area contributed by atoms with Crippen LogP contribution in [-0.2, 0) is 9.31 Å². The van der Waals surface area contributed by atoms with E-state index in [1.807, 2.05) is 33.8 Å². The summed E-state index contributed by atoms with van der Waals surface area (Å²) in [5.74, 6) is 0.744. The number of hydrogen-bond donors (Lipinski definition) is 0. The molecule has 0 unspecified atom stereocenters. The van der Waals surface area contributed by atoms with Crippen LogP contribution in [0.1, 0.15) is 40.5 Å². The molecule has 1 saturated carbocycles. The predicted molar refractivity (Wildman–Crippen MR) is 81.3 cm³/mol. The molecule has 0 amide bonds. The molecule has 0 aromatic carbocycles. The van der Waals surface area contributed by atoms with E-state index in [9.17, 15) is 0 Å². The summed E-state index contributed by atoms with van der Waals surface area (Å²) in [6.07, 6.45) is 4.25. The highest BCUT2D eigenvalue weighted by atomic mass is 79.9. The molecule has 1 aliphatic heterocycles. The largest absolute Gasteiger partial charge is 0.498 e. The van der Waals surface area contributed by atoms with E-state index in [4.69, 9.17) is 14.0 Å². The SMILES string of the molecule is CC1(C)OB(c2ccnc(Br)c2OC2CC2)OC1(C)C. The molecule has 2 fully saturated rings. The highest BCUT2D eigenvalue weighted by Crippen LogP contribution is 2.38. The molecular formula is C14H19BBrNO3. The van der Waals surface area contributed by atoms with Gasteiger partial charge in [0, 0.05) is 11.7 Å². The summed E-state index contributed by atoms with van der Waals surface area (Å²) in [7, 11) is -0.423. The molecule has 1 aromatic rings. The monoisotopic (exact) mass is 339 g/mol. The molecule has 20 heavy (non-hydrogen) atoms. The highest BCUT2D eigenvalue weighted by Gasteiger charge is 2.52. The van der Waals surface area contributed by atoms with Crippen molar-refractivity contribution < 1.29 is 14.0 Å². The van der Waals surface area contributed by atoms with Crippen molar-refractivity contribution in [2.24, 2.45) is 0 Å². The normalized spacial score (nSPS) is 23.9. The summed E-state index contributed by atoms with van der Waals surface area (Å²) >= 11 is 3.46. The predicted octanol–water partition coefficient (Wildman–Crippen LogP) is 2.68. The maximum absolute atomic E-state index is 6.10. The van der Waals surface area contributed by atoms with Gasteiger partial charge in [-0.05, 0) is 62.5 Å². The lowest BCUT2D eigenvalue weighted by molar-refractivity contribution is 0.00578. The summed E-state index contributed by atoms with van der Waals surface area (Å²) < 4.78 is 18.9. The number of hydrogen-bond acceptors (Lipinski definition) is 4. The van der Waals surface area contributed by atoms with E-state index >= 15 is 0 Å². The summed E-state index contributed by atoms with van der Waals surface area (Å²) in [6.45, 7) is 8.19. The topological polar surface area (TPSA) is 40.6 Å². The minimum Gasteiger partial charge on any atom is -0.488 e. The van der Waals surface area contributed by atoms with E-state index in [0.29, 0.717) is 10.7 Å². The Hall–Kier alpha value is -0.585. The fourth-order valence-corrected chi connectivity index (χ4v) is 2.50. The van der Waals surface area contributed by atoms with Crippen molar-refractivity contribution in [1.29, 1.82) is 0 Å². The van der Waals surface area contributed by atoms with Gasteiger partial charge in [-0.3, -0.25) is 0 Å². The molecule has 1 saturated heterocycles. The zero-order valence-corrected chi connectivity index (χ0v) is 13.9. The lowest BCUT2D eigenvalue weighted by atomic mass is 9.79. The van der Waals surface area contributed by atoms with Crippen LogP contribution in [0.3, 0.4) is 0 Å². The molecule has 0 radical (unpaired) electrons. The van der Waals surface area contributed by atoms with Crippen LogP contribution < -0.4 is 10.2 Å². The maximum atomic E-state index is 6.10. The summed E-state index contributed by atoms with van der Waals surface area (Å²) in [5.41, 5.74) is 0.187. The van der Waals surface area contributed by atoms with E-state index in [1.54, 1.807) is 6.20 Å². The summed E-state index contributed by atoms with van der Waals surface area (Å²) in [4.78, 5) is 4.25. The molecule has 0 spiro atoms. The van der Waals surface area contributed by atoms with Gasteiger partial charge in [0.2, 0.25) is 0 Å². The van der Waals surface area contributed by atoms with Gasteiger partial charge >= 0.3 is 7.12 Å². The lowest BCUT2D eigenvalue weighted by Crippen LogP contribution is -2.41. The molecule has 6 heteroatoms. The third-order valence-corrected chi connectivity index (χ3v) is 4.77. The zero-order valence-electron chi connectivity index (χ0n) is 12.3. The Morgan fingerprint density at radius 3 is 2.40 bits per heavy atom. The van der Waals surface area contributed by atoms with Gasteiger partial charge in [-0.15, -0.1) is 0 Å². The number of pyridine rings is 1. The number of ether oxygens (including phenoxy) is 1. The van der Waals surface area contributed by atoms with Crippen molar-refractivity contribution in [2.45, 2.75) is 57.8 Å². The van der Waals surface area contributed by atoms with Crippen LogP contribution in [0.5, 0.6) is 5.75 Å². The standard InChI is InChI=1S/C14H19BBrNO3/c1-13(2)14(3,4)20-15(19-13)10-7-8-17-12(16)11(10)18-9-5-6-9/h7-9H,5-6H2,1-4H3. The molecule has 4 nitrogen and oxygen atoms in total. The second-order valence-electron chi connectivity index (χ2n) is 6.43. The minimum atomic E-state index is -0.423. The Kier molecular flexibility index (Phi) is 3.38. The Morgan fingerprint density at radius 1 is 1.25 bits per heavy atom. The van der Waals surface area contributed by atoms with Gasteiger partial charge in [0.1, 0.15) is 4.60 Å². The molecule has 0 N–H and O–H groups in total. The van der Waals surface area contributed by atoms with Crippen LogP contribution in [0.2, 0.25) is 0 Å². The molecule has 108 valence electrons. The average molecular weight is 340 g/mol. The molecule has 3 rings (SSSR count). The molecular weight excluding hydrogens is 321 g/mol. The molecule has 1 aromatic heterocycles. The van der Waals surface area contributed by atoms with Crippen LogP contribution >= 0.6 is 15.9 Å². The highest BCUT2D eigenvalue weighted by molar-refractivity contribution is 9.10. The second kappa shape index (κ2) is 4.72. The molecule has 2 aliphatic rings. The smallest absolute Gasteiger partial charge is 0.488 e. The first-order valence-electron chi connectivity index (χ1n) is 6.97.